The van der Waals surface area contributed by atoms with E-state index in [1.807, 2.05) is 0 Å². The van der Waals surface area contributed by atoms with Crippen molar-refractivity contribution < 1.29 is 33.7 Å². The van der Waals surface area contributed by atoms with Crippen LogP contribution in [0.15, 0.2) is 0 Å². The van der Waals surface area contributed by atoms with Gasteiger partial charge in [-0.25, -0.2) is 9.18 Å². The van der Waals surface area contributed by atoms with Crippen LogP contribution in [0.5, 0.6) is 0 Å². The Morgan fingerprint density at radius 1 is 1.53 bits per heavy atom. The first-order valence-corrected chi connectivity index (χ1v) is 5.94. The summed E-state index contributed by atoms with van der Waals surface area (Å²) in [6, 6.07) is 0. The molecule has 0 aromatic rings. The maximum atomic E-state index is 13.6. The maximum Gasteiger partial charge on any atom is 0.357 e. The standard InChI is InChI=1S/C9H15FO6S/c1-9(10,17-16-15-13)8(12)14-7-5-3-2-4-6(7)11/h6-7,11,13H,2-5H2,1H3/p-1. The first-order valence-electron chi connectivity index (χ1n) is 5.20. The number of carbonyl (C=O) groups is 1. The molecule has 0 saturated heterocycles. The summed E-state index contributed by atoms with van der Waals surface area (Å²) >= 11 is -0.0809. The highest BCUT2D eigenvalue weighted by molar-refractivity contribution is 7.96. The lowest BCUT2D eigenvalue weighted by atomic mass is 9.95. The van der Waals surface area contributed by atoms with Crippen molar-refractivity contribution in [3.05, 3.63) is 0 Å². The summed E-state index contributed by atoms with van der Waals surface area (Å²) in [7, 11) is 0. The predicted octanol–water partition coefficient (Wildman–Crippen LogP) is 0.390. The van der Waals surface area contributed by atoms with E-state index in [4.69, 9.17) is 4.74 Å². The number of esters is 1. The number of halogens is 1. The molecule has 0 spiro atoms. The largest absolute Gasteiger partial charge is 0.691 e. The highest BCUT2D eigenvalue weighted by Gasteiger charge is 2.40. The highest BCUT2D eigenvalue weighted by Crippen LogP contribution is 2.31. The van der Waals surface area contributed by atoms with Crippen LogP contribution in [0, 0.1) is 0 Å². The van der Waals surface area contributed by atoms with Crippen molar-refractivity contribution >= 4 is 18.0 Å². The molecule has 0 aromatic heterocycles. The maximum absolute atomic E-state index is 13.6. The molecule has 0 aliphatic heterocycles. The molecule has 0 bridgehead atoms. The topological polar surface area (TPSA) is 88.0 Å². The van der Waals surface area contributed by atoms with Crippen LogP contribution in [-0.4, -0.2) is 28.3 Å². The fourth-order valence-corrected chi connectivity index (χ4v) is 1.84. The fourth-order valence-electron chi connectivity index (χ4n) is 1.57. The van der Waals surface area contributed by atoms with Crippen molar-refractivity contribution in [3.63, 3.8) is 0 Å². The minimum absolute atomic E-state index is 0.0809. The smallest absolute Gasteiger partial charge is 0.357 e. The van der Waals surface area contributed by atoms with Crippen LogP contribution >= 0.6 is 12.0 Å². The zero-order valence-corrected chi connectivity index (χ0v) is 10.1. The molecule has 100 valence electrons. The Morgan fingerprint density at radius 2 is 2.18 bits per heavy atom. The van der Waals surface area contributed by atoms with Gasteiger partial charge in [-0.1, -0.05) is 6.42 Å². The zero-order chi connectivity index (χ0) is 12.9. The number of carbonyl (C=O) groups excluding carboxylic acids is 1. The third-order valence-electron chi connectivity index (χ3n) is 2.51. The first-order chi connectivity index (χ1) is 7.97. The zero-order valence-electron chi connectivity index (χ0n) is 9.26. The van der Waals surface area contributed by atoms with E-state index in [9.17, 15) is 19.5 Å². The van der Waals surface area contributed by atoms with Crippen molar-refractivity contribution in [2.75, 3.05) is 0 Å². The summed E-state index contributed by atoms with van der Waals surface area (Å²) in [5.74, 6) is -1.20. The number of rotatable bonds is 5. The molecular formula is C9H14FO6S-. The van der Waals surface area contributed by atoms with Gasteiger partial charge in [-0.15, -0.1) is 0 Å². The van der Waals surface area contributed by atoms with Gasteiger partial charge in [-0.05, 0) is 26.2 Å². The van der Waals surface area contributed by atoms with Crippen molar-refractivity contribution in [2.24, 2.45) is 0 Å². The van der Waals surface area contributed by atoms with E-state index >= 15 is 0 Å². The minimum atomic E-state index is -2.55. The van der Waals surface area contributed by atoms with Crippen LogP contribution < -0.4 is 5.26 Å². The average Bonchev–Trinajstić information content (AvgIpc) is 2.29. The normalized spacial score (nSPS) is 28.5. The molecule has 1 aliphatic carbocycles. The average molecular weight is 269 g/mol. The van der Waals surface area contributed by atoms with Crippen LogP contribution in [0.25, 0.3) is 0 Å². The molecule has 17 heavy (non-hydrogen) atoms. The summed E-state index contributed by atoms with van der Waals surface area (Å²) in [6.45, 7) is 0.883. The van der Waals surface area contributed by atoms with Gasteiger partial charge in [0, 0.05) is 0 Å². The molecule has 1 rings (SSSR count). The van der Waals surface area contributed by atoms with Gasteiger partial charge in [0.05, 0.1) is 18.1 Å². The molecule has 0 heterocycles. The molecular weight excluding hydrogens is 255 g/mol. The van der Waals surface area contributed by atoms with Gasteiger partial charge < -0.3 is 15.1 Å². The SMILES string of the molecule is CC(F)(SOO[O-])C(=O)OC1CCCCC1O. The summed E-state index contributed by atoms with van der Waals surface area (Å²) in [5.41, 5.74) is 0. The molecule has 6 nitrogen and oxygen atoms in total. The van der Waals surface area contributed by atoms with Crippen LogP contribution in [-0.2, 0) is 18.9 Å². The molecule has 1 N–H and O–H groups in total. The van der Waals surface area contributed by atoms with E-state index in [2.05, 4.69) is 9.37 Å². The van der Waals surface area contributed by atoms with Crippen LogP contribution in [0.2, 0.25) is 0 Å². The molecule has 8 heteroatoms. The Morgan fingerprint density at radius 3 is 2.76 bits per heavy atom. The number of aliphatic hydroxyl groups is 1. The summed E-state index contributed by atoms with van der Waals surface area (Å²) in [5, 5.41) is 19.5. The lowest BCUT2D eigenvalue weighted by molar-refractivity contribution is -0.777. The van der Waals surface area contributed by atoms with Gasteiger partial charge in [0.1, 0.15) is 6.10 Å². The van der Waals surface area contributed by atoms with Gasteiger partial charge in [-0.3, -0.25) is 5.04 Å². The van der Waals surface area contributed by atoms with Gasteiger partial charge in [0.25, 0.3) is 5.00 Å². The van der Waals surface area contributed by atoms with Gasteiger partial charge in [0.15, 0.2) is 0 Å². The van der Waals surface area contributed by atoms with E-state index in [-0.39, 0.29) is 12.0 Å². The number of hydrogen-bond acceptors (Lipinski definition) is 7. The van der Waals surface area contributed by atoms with E-state index in [0.717, 1.165) is 19.8 Å². The first kappa shape index (κ1) is 14.7. The Kier molecular flexibility index (Phi) is 5.60. The summed E-state index contributed by atoms with van der Waals surface area (Å²) in [6.07, 6.45) is 1.20. The number of aliphatic hydroxyl groups excluding tert-OH is 1. The van der Waals surface area contributed by atoms with Crippen molar-refractivity contribution in [2.45, 2.75) is 49.8 Å². The lowest BCUT2D eigenvalue weighted by Crippen LogP contribution is -2.39. The van der Waals surface area contributed by atoms with Crippen molar-refractivity contribution in [1.29, 1.82) is 0 Å². The molecule has 3 atom stereocenters. The van der Waals surface area contributed by atoms with Gasteiger partial charge in [0.2, 0.25) is 0 Å². The highest BCUT2D eigenvalue weighted by atomic mass is 32.2. The fraction of sp³-hybridized carbons (Fsp3) is 0.889. The monoisotopic (exact) mass is 269 g/mol. The van der Waals surface area contributed by atoms with Crippen LogP contribution in [0.3, 0.4) is 0 Å². The van der Waals surface area contributed by atoms with Crippen molar-refractivity contribution in [1.82, 2.24) is 0 Å². The van der Waals surface area contributed by atoms with Gasteiger partial charge >= 0.3 is 5.97 Å². The third-order valence-corrected chi connectivity index (χ3v) is 3.11. The van der Waals surface area contributed by atoms with Crippen molar-refractivity contribution in [3.8, 4) is 0 Å². The predicted molar refractivity (Wildman–Crippen MR) is 53.6 cm³/mol. The van der Waals surface area contributed by atoms with E-state index in [1.165, 1.54) is 0 Å². The van der Waals surface area contributed by atoms with E-state index in [0.29, 0.717) is 12.8 Å². The Hall–Kier alpha value is -0.410. The quantitative estimate of drug-likeness (QED) is 0.334. The molecule has 0 aromatic carbocycles. The second kappa shape index (κ2) is 6.50. The molecule has 0 radical (unpaired) electrons. The number of ether oxygens (including phenoxy) is 1. The number of hydrogen-bond donors (Lipinski definition) is 1. The molecule has 3 unspecified atom stereocenters. The second-order valence-corrected chi connectivity index (χ2v) is 5.00. The molecule has 1 fully saturated rings. The Labute approximate surface area is 102 Å². The Bertz CT molecular complexity index is 262. The summed E-state index contributed by atoms with van der Waals surface area (Å²) < 4.78 is 22.2. The third kappa shape index (κ3) is 4.40. The second-order valence-electron chi connectivity index (χ2n) is 3.93. The molecule has 1 saturated carbocycles. The molecule has 0 amide bonds. The van der Waals surface area contributed by atoms with E-state index < -0.39 is 23.2 Å². The number of alkyl halides is 1. The minimum Gasteiger partial charge on any atom is -0.691 e. The lowest BCUT2D eigenvalue weighted by Gasteiger charge is -2.29. The molecule has 1 aliphatic rings. The van der Waals surface area contributed by atoms with Gasteiger partial charge in [-0.2, -0.15) is 4.33 Å². The van der Waals surface area contributed by atoms with E-state index in [1.54, 1.807) is 0 Å². The summed E-state index contributed by atoms with van der Waals surface area (Å²) in [4.78, 5) is 11.4. The van der Waals surface area contributed by atoms with Crippen LogP contribution in [0.1, 0.15) is 32.6 Å². The van der Waals surface area contributed by atoms with Crippen LogP contribution in [0.4, 0.5) is 4.39 Å². The Balaban J connectivity index is 2.46.